The maximum absolute atomic E-state index is 12.9. The molecule has 0 aliphatic carbocycles. The molecule has 0 unspecified atom stereocenters. The number of likely N-dealkylation sites (N-methyl/N-ethyl adjacent to an activating group) is 1. The number of piperazine rings is 1. The zero-order valence-corrected chi connectivity index (χ0v) is 14.6. The summed E-state index contributed by atoms with van der Waals surface area (Å²) >= 11 is 0. The summed E-state index contributed by atoms with van der Waals surface area (Å²) in [5.41, 5.74) is 1.27. The van der Waals surface area contributed by atoms with Gasteiger partial charge in [-0.1, -0.05) is 30.3 Å². The van der Waals surface area contributed by atoms with E-state index in [0.717, 1.165) is 32.5 Å². The molecule has 2 amide bonds. The molecular formula is C19H27N3O2. The van der Waals surface area contributed by atoms with Gasteiger partial charge in [0.05, 0.1) is 6.04 Å². The van der Waals surface area contributed by atoms with Crippen LogP contribution < -0.4 is 0 Å². The van der Waals surface area contributed by atoms with Gasteiger partial charge in [-0.2, -0.15) is 0 Å². The van der Waals surface area contributed by atoms with Crippen molar-refractivity contribution in [3.8, 4) is 0 Å². The molecule has 5 nitrogen and oxygen atoms in total. The van der Waals surface area contributed by atoms with E-state index in [1.165, 1.54) is 5.56 Å². The lowest BCUT2D eigenvalue weighted by Gasteiger charge is -2.42. The van der Waals surface area contributed by atoms with Crippen molar-refractivity contribution in [3.63, 3.8) is 0 Å². The molecule has 24 heavy (non-hydrogen) atoms. The summed E-state index contributed by atoms with van der Waals surface area (Å²) in [6.45, 7) is 5.48. The maximum Gasteiger partial charge on any atom is 0.225 e. The molecule has 5 heteroatoms. The molecule has 0 radical (unpaired) electrons. The van der Waals surface area contributed by atoms with Gasteiger partial charge in [-0.15, -0.1) is 0 Å². The summed E-state index contributed by atoms with van der Waals surface area (Å²) in [5.74, 6) is 0.456. The van der Waals surface area contributed by atoms with E-state index in [0.29, 0.717) is 13.1 Å². The number of carbonyl (C=O) groups excluding carboxylic acids is 2. The van der Waals surface area contributed by atoms with Gasteiger partial charge in [0.2, 0.25) is 11.8 Å². The molecule has 2 heterocycles. The molecule has 0 spiro atoms. The minimum Gasteiger partial charge on any atom is -0.343 e. The van der Waals surface area contributed by atoms with E-state index in [1.54, 1.807) is 6.92 Å². The van der Waals surface area contributed by atoms with Gasteiger partial charge in [0, 0.05) is 45.6 Å². The molecule has 2 aliphatic rings. The Bertz CT molecular complexity index is 582. The van der Waals surface area contributed by atoms with Crippen LogP contribution in [-0.4, -0.2) is 66.3 Å². The first-order valence-electron chi connectivity index (χ1n) is 8.85. The Morgan fingerprint density at radius 2 is 1.62 bits per heavy atom. The Morgan fingerprint density at radius 3 is 2.25 bits per heavy atom. The van der Waals surface area contributed by atoms with E-state index >= 15 is 0 Å². The van der Waals surface area contributed by atoms with Gasteiger partial charge in [0.15, 0.2) is 0 Å². The molecule has 0 N–H and O–H groups in total. The van der Waals surface area contributed by atoms with Crippen LogP contribution in [0.3, 0.4) is 0 Å². The molecular weight excluding hydrogens is 302 g/mol. The Kier molecular flexibility index (Phi) is 5.19. The van der Waals surface area contributed by atoms with E-state index in [-0.39, 0.29) is 23.8 Å². The van der Waals surface area contributed by atoms with Crippen molar-refractivity contribution in [1.29, 1.82) is 0 Å². The monoisotopic (exact) mass is 329 g/mol. The summed E-state index contributed by atoms with van der Waals surface area (Å²) in [7, 11) is 2.13. The van der Waals surface area contributed by atoms with Gasteiger partial charge >= 0.3 is 0 Å². The van der Waals surface area contributed by atoms with Crippen molar-refractivity contribution in [3.05, 3.63) is 35.9 Å². The Morgan fingerprint density at radius 1 is 0.958 bits per heavy atom. The van der Waals surface area contributed by atoms with Gasteiger partial charge in [-0.3, -0.25) is 14.5 Å². The highest BCUT2D eigenvalue weighted by molar-refractivity contribution is 5.80. The zero-order chi connectivity index (χ0) is 17.1. The summed E-state index contributed by atoms with van der Waals surface area (Å²) in [6.07, 6.45) is 1.58. The summed E-state index contributed by atoms with van der Waals surface area (Å²) in [4.78, 5) is 30.6. The van der Waals surface area contributed by atoms with E-state index in [1.807, 2.05) is 15.9 Å². The second-order valence-electron chi connectivity index (χ2n) is 6.97. The first kappa shape index (κ1) is 17.0. The van der Waals surface area contributed by atoms with Crippen molar-refractivity contribution in [2.24, 2.45) is 5.92 Å². The van der Waals surface area contributed by atoms with Crippen LogP contribution in [0.4, 0.5) is 0 Å². The second-order valence-corrected chi connectivity index (χ2v) is 6.97. The fraction of sp³-hybridized carbons (Fsp3) is 0.579. The van der Waals surface area contributed by atoms with E-state index < -0.39 is 0 Å². The van der Waals surface area contributed by atoms with Gasteiger partial charge in [0.1, 0.15) is 0 Å². The van der Waals surface area contributed by atoms with Crippen molar-refractivity contribution in [2.75, 3.05) is 39.8 Å². The van der Waals surface area contributed by atoms with Gasteiger partial charge in [0.25, 0.3) is 0 Å². The van der Waals surface area contributed by atoms with Crippen LogP contribution in [0.15, 0.2) is 30.3 Å². The van der Waals surface area contributed by atoms with Crippen LogP contribution in [0.5, 0.6) is 0 Å². The van der Waals surface area contributed by atoms with Crippen molar-refractivity contribution in [2.45, 2.75) is 25.8 Å². The molecule has 0 saturated carbocycles. The fourth-order valence-electron chi connectivity index (χ4n) is 3.81. The predicted molar refractivity (Wildman–Crippen MR) is 93.4 cm³/mol. The number of likely N-dealkylation sites (tertiary alicyclic amines) is 1. The number of rotatable bonds is 2. The minimum atomic E-state index is 0.0698. The largest absolute Gasteiger partial charge is 0.343 e. The van der Waals surface area contributed by atoms with Crippen LogP contribution in [0.1, 0.15) is 31.4 Å². The normalized spacial score (nSPS) is 23.3. The third-order valence-electron chi connectivity index (χ3n) is 5.43. The van der Waals surface area contributed by atoms with Crippen molar-refractivity contribution in [1.82, 2.24) is 14.7 Å². The Hall–Kier alpha value is -1.88. The molecule has 3 rings (SSSR count). The van der Waals surface area contributed by atoms with Crippen LogP contribution in [0, 0.1) is 5.92 Å². The minimum absolute atomic E-state index is 0.0698. The number of piperidine rings is 1. The number of nitrogens with zero attached hydrogens (tertiary/aromatic N) is 3. The lowest BCUT2D eigenvalue weighted by atomic mass is 9.94. The molecule has 2 saturated heterocycles. The van der Waals surface area contributed by atoms with Gasteiger partial charge < -0.3 is 9.80 Å². The number of benzene rings is 1. The summed E-state index contributed by atoms with van der Waals surface area (Å²) in [5, 5.41) is 0. The first-order valence-corrected chi connectivity index (χ1v) is 8.85. The van der Waals surface area contributed by atoms with Gasteiger partial charge in [-0.25, -0.2) is 0 Å². The number of hydrogen-bond donors (Lipinski definition) is 0. The van der Waals surface area contributed by atoms with Crippen LogP contribution in [0.2, 0.25) is 0 Å². The average molecular weight is 329 g/mol. The highest BCUT2D eigenvalue weighted by Gasteiger charge is 2.33. The van der Waals surface area contributed by atoms with E-state index in [4.69, 9.17) is 0 Å². The number of carbonyl (C=O) groups is 2. The molecule has 2 fully saturated rings. The molecule has 0 bridgehead atoms. The molecule has 0 aromatic heterocycles. The van der Waals surface area contributed by atoms with Crippen LogP contribution >= 0.6 is 0 Å². The number of hydrogen-bond acceptors (Lipinski definition) is 3. The maximum atomic E-state index is 12.9. The van der Waals surface area contributed by atoms with E-state index in [2.05, 4.69) is 36.2 Å². The first-order chi connectivity index (χ1) is 11.6. The highest BCUT2D eigenvalue weighted by atomic mass is 16.2. The quantitative estimate of drug-likeness (QED) is 0.830. The summed E-state index contributed by atoms with van der Waals surface area (Å²) < 4.78 is 0. The highest BCUT2D eigenvalue weighted by Crippen LogP contribution is 2.27. The fourth-order valence-corrected chi connectivity index (χ4v) is 3.81. The van der Waals surface area contributed by atoms with Crippen LogP contribution in [0.25, 0.3) is 0 Å². The SMILES string of the molecule is CC(=O)N1CCC(C(=O)N2CCN(C)[C@@H](c3ccccc3)C2)CC1. The van der Waals surface area contributed by atoms with Gasteiger partial charge in [-0.05, 0) is 25.5 Å². The number of amides is 2. The predicted octanol–water partition coefficient (Wildman–Crippen LogP) is 1.76. The van der Waals surface area contributed by atoms with Crippen LogP contribution in [-0.2, 0) is 9.59 Å². The topological polar surface area (TPSA) is 43.9 Å². The molecule has 130 valence electrons. The molecule has 1 aromatic carbocycles. The molecule has 1 aromatic rings. The summed E-state index contributed by atoms with van der Waals surface area (Å²) in [6, 6.07) is 10.7. The lowest BCUT2D eigenvalue weighted by Crippen LogP contribution is -2.52. The Balaban J connectivity index is 1.63. The third kappa shape index (κ3) is 3.61. The standard InChI is InChI=1S/C19H27N3O2/c1-15(23)21-10-8-17(9-11-21)19(24)22-13-12-20(2)18(14-22)16-6-4-3-5-7-16/h3-7,17-18H,8-14H2,1-2H3/t18-/m1/s1. The smallest absolute Gasteiger partial charge is 0.225 e. The van der Waals surface area contributed by atoms with E-state index in [9.17, 15) is 9.59 Å². The van der Waals surface area contributed by atoms with Crippen molar-refractivity contribution < 1.29 is 9.59 Å². The zero-order valence-electron chi connectivity index (χ0n) is 14.6. The molecule has 2 aliphatic heterocycles. The molecule has 1 atom stereocenters. The Labute approximate surface area is 144 Å². The third-order valence-corrected chi connectivity index (χ3v) is 5.43. The average Bonchev–Trinajstić information content (AvgIpc) is 2.62. The second kappa shape index (κ2) is 7.34. The lowest BCUT2D eigenvalue weighted by molar-refractivity contribution is -0.142. The van der Waals surface area contributed by atoms with Crippen molar-refractivity contribution >= 4 is 11.8 Å².